The molecule has 2 N–H and O–H groups in total. The number of hydrogen-bond donors (Lipinski definition) is 2. The van der Waals surface area contributed by atoms with Gasteiger partial charge in [0.2, 0.25) is 11.8 Å². The van der Waals surface area contributed by atoms with Crippen LogP contribution in [-0.2, 0) is 9.59 Å². The van der Waals surface area contributed by atoms with Gasteiger partial charge in [0.1, 0.15) is 0 Å². The number of benzene rings is 2. The summed E-state index contributed by atoms with van der Waals surface area (Å²) < 4.78 is 0. The van der Waals surface area contributed by atoms with Crippen molar-refractivity contribution in [2.75, 3.05) is 0 Å². The van der Waals surface area contributed by atoms with Crippen molar-refractivity contribution in [3.05, 3.63) is 83.9 Å². The van der Waals surface area contributed by atoms with E-state index in [0.29, 0.717) is 0 Å². The Hall–Kier alpha value is -3.80. The summed E-state index contributed by atoms with van der Waals surface area (Å²) in [5.74, 6) is -0.681. The smallest absolute Gasteiger partial charge is 0.240 e. The summed E-state index contributed by atoms with van der Waals surface area (Å²) in [6.45, 7) is 0. The van der Waals surface area contributed by atoms with Gasteiger partial charge < -0.3 is 0 Å². The van der Waals surface area contributed by atoms with Gasteiger partial charge >= 0.3 is 0 Å². The van der Waals surface area contributed by atoms with Gasteiger partial charge in [-0.1, -0.05) is 72.8 Å². The maximum Gasteiger partial charge on any atom is 0.240 e. The number of carbonyl (C=O) groups excluding carboxylic acids is 2. The van der Waals surface area contributed by atoms with Gasteiger partial charge in [0.15, 0.2) is 0 Å². The zero-order chi connectivity index (χ0) is 19.9. The first-order valence-electron chi connectivity index (χ1n) is 8.81. The summed E-state index contributed by atoms with van der Waals surface area (Å²) in [7, 11) is 0. The van der Waals surface area contributed by atoms with Gasteiger partial charge in [0.05, 0.1) is 0 Å². The van der Waals surface area contributed by atoms with Gasteiger partial charge in [0.25, 0.3) is 0 Å². The van der Waals surface area contributed by atoms with Crippen molar-refractivity contribution < 1.29 is 9.59 Å². The lowest BCUT2D eigenvalue weighted by Gasteiger charge is -1.99. The van der Waals surface area contributed by atoms with Crippen LogP contribution in [0.4, 0.5) is 0 Å². The molecule has 28 heavy (non-hydrogen) atoms. The molecule has 0 saturated carbocycles. The third-order valence-electron chi connectivity index (χ3n) is 3.46. The minimum Gasteiger partial charge on any atom is -0.273 e. The molecule has 6 heteroatoms. The van der Waals surface area contributed by atoms with Crippen LogP contribution in [0, 0.1) is 0 Å². The van der Waals surface area contributed by atoms with E-state index in [9.17, 15) is 9.59 Å². The van der Waals surface area contributed by atoms with Crippen LogP contribution >= 0.6 is 0 Å². The molecule has 6 nitrogen and oxygen atoms in total. The average molecular weight is 374 g/mol. The van der Waals surface area contributed by atoms with Crippen LogP contribution in [0.2, 0.25) is 0 Å². The summed E-state index contributed by atoms with van der Waals surface area (Å²) in [6.07, 6.45) is 10.2. The third kappa shape index (κ3) is 9.05. The standard InChI is InChI=1S/C22H22N4O2/c27-21(25-23-17-7-13-19-9-3-1-4-10-19)15-16-22(28)26-24-18-8-14-20-11-5-2-6-12-20/h1-14,17-18H,15-16H2,(H,25,27)(H,26,28). The highest BCUT2D eigenvalue weighted by Gasteiger charge is 2.04. The SMILES string of the molecule is O=C(CCC(=O)NN=CC=Cc1ccccc1)NN=CC=Cc1ccccc1. The second-order valence-corrected chi connectivity index (χ2v) is 5.67. The highest BCUT2D eigenvalue weighted by Crippen LogP contribution is 2.00. The minimum atomic E-state index is -0.340. The molecule has 0 spiro atoms. The number of carbonyl (C=O) groups is 2. The van der Waals surface area contributed by atoms with Crippen molar-refractivity contribution in [2.24, 2.45) is 10.2 Å². The predicted octanol–water partition coefficient (Wildman–Crippen LogP) is 3.40. The molecule has 0 aliphatic rings. The molecule has 0 heterocycles. The van der Waals surface area contributed by atoms with E-state index < -0.39 is 0 Å². The zero-order valence-corrected chi connectivity index (χ0v) is 15.4. The van der Waals surface area contributed by atoms with Crippen molar-refractivity contribution in [3.63, 3.8) is 0 Å². The van der Waals surface area contributed by atoms with E-state index in [0.717, 1.165) is 11.1 Å². The number of amides is 2. The largest absolute Gasteiger partial charge is 0.273 e. The van der Waals surface area contributed by atoms with Gasteiger partial charge in [-0.25, -0.2) is 10.9 Å². The van der Waals surface area contributed by atoms with E-state index in [2.05, 4.69) is 21.1 Å². The second kappa shape index (κ2) is 12.5. The summed E-state index contributed by atoms with van der Waals surface area (Å²) in [6, 6.07) is 19.5. The zero-order valence-electron chi connectivity index (χ0n) is 15.4. The molecule has 0 atom stereocenters. The fourth-order valence-electron chi connectivity index (χ4n) is 2.08. The van der Waals surface area contributed by atoms with Crippen LogP contribution in [0.15, 0.2) is 83.0 Å². The normalized spacial score (nSPS) is 11.6. The Kier molecular flexibility index (Phi) is 9.18. The Bertz CT molecular complexity index is 783. The van der Waals surface area contributed by atoms with Gasteiger partial charge in [-0.3, -0.25) is 9.59 Å². The molecule has 2 aromatic carbocycles. The third-order valence-corrected chi connectivity index (χ3v) is 3.46. The lowest BCUT2D eigenvalue weighted by atomic mass is 10.2. The van der Waals surface area contributed by atoms with Gasteiger partial charge in [-0.15, -0.1) is 0 Å². The first-order valence-corrected chi connectivity index (χ1v) is 8.81. The highest BCUT2D eigenvalue weighted by atomic mass is 16.2. The van der Waals surface area contributed by atoms with Crippen LogP contribution in [0.5, 0.6) is 0 Å². The molecule has 0 unspecified atom stereocenters. The fourth-order valence-corrected chi connectivity index (χ4v) is 2.08. The number of allylic oxidation sites excluding steroid dienone is 2. The number of nitrogens with zero attached hydrogens (tertiary/aromatic N) is 2. The number of nitrogens with one attached hydrogen (secondary N) is 2. The van der Waals surface area contributed by atoms with Gasteiger partial charge in [-0.2, -0.15) is 10.2 Å². The van der Waals surface area contributed by atoms with E-state index in [4.69, 9.17) is 0 Å². The second-order valence-electron chi connectivity index (χ2n) is 5.67. The molecule has 2 aromatic rings. The van der Waals surface area contributed by atoms with E-state index in [1.807, 2.05) is 72.8 Å². The lowest BCUT2D eigenvalue weighted by Crippen LogP contribution is -2.22. The molecule has 0 aliphatic heterocycles. The molecule has 0 radical (unpaired) electrons. The Balaban J connectivity index is 1.59. The van der Waals surface area contributed by atoms with Gasteiger partial charge in [-0.05, 0) is 23.3 Å². The Morgan fingerprint density at radius 2 is 1.07 bits per heavy atom. The lowest BCUT2D eigenvalue weighted by molar-refractivity contribution is -0.126. The van der Waals surface area contributed by atoms with Crippen LogP contribution in [0.25, 0.3) is 12.2 Å². The van der Waals surface area contributed by atoms with Crippen molar-refractivity contribution in [1.29, 1.82) is 0 Å². The van der Waals surface area contributed by atoms with Crippen LogP contribution in [0.3, 0.4) is 0 Å². The number of hydrazone groups is 2. The maximum absolute atomic E-state index is 11.6. The fraction of sp³-hybridized carbons (Fsp3) is 0.0909. The molecule has 0 aromatic heterocycles. The van der Waals surface area contributed by atoms with Crippen molar-refractivity contribution in [3.8, 4) is 0 Å². The first kappa shape index (κ1) is 20.5. The molecule has 0 saturated heterocycles. The summed E-state index contributed by atoms with van der Waals surface area (Å²) in [4.78, 5) is 23.3. The molecule has 0 fully saturated rings. The summed E-state index contributed by atoms with van der Waals surface area (Å²) in [5.41, 5.74) is 6.81. The predicted molar refractivity (Wildman–Crippen MR) is 113 cm³/mol. The number of hydrogen-bond acceptors (Lipinski definition) is 4. The van der Waals surface area contributed by atoms with Gasteiger partial charge in [0, 0.05) is 25.3 Å². The topological polar surface area (TPSA) is 82.9 Å². The van der Waals surface area contributed by atoms with E-state index >= 15 is 0 Å². The summed E-state index contributed by atoms with van der Waals surface area (Å²) >= 11 is 0. The van der Waals surface area contributed by atoms with E-state index in [1.165, 1.54) is 12.4 Å². The highest BCUT2D eigenvalue weighted by molar-refractivity contribution is 5.86. The van der Waals surface area contributed by atoms with E-state index in [1.54, 1.807) is 12.2 Å². The Labute approximate surface area is 164 Å². The summed E-state index contributed by atoms with van der Waals surface area (Å²) in [5, 5.41) is 7.60. The molecule has 0 bridgehead atoms. The number of rotatable bonds is 9. The van der Waals surface area contributed by atoms with E-state index in [-0.39, 0.29) is 24.7 Å². The molecular formula is C22H22N4O2. The van der Waals surface area contributed by atoms with Crippen molar-refractivity contribution in [1.82, 2.24) is 10.9 Å². The molecule has 2 rings (SSSR count). The van der Waals surface area contributed by atoms with Crippen LogP contribution in [0.1, 0.15) is 24.0 Å². The molecule has 142 valence electrons. The molecule has 2 amide bonds. The molecule has 0 aliphatic carbocycles. The monoisotopic (exact) mass is 374 g/mol. The quantitative estimate of drug-likeness (QED) is 0.521. The minimum absolute atomic E-state index is 0.0287. The Morgan fingerprint density at radius 3 is 1.46 bits per heavy atom. The van der Waals surface area contributed by atoms with Crippen LogP contribution < -0.4 is 10.9 Å². The molecular weight excluding hydrogens is 352 g/mol. The van der Waals surface area contributed by atoms with Crippen LogP contribution in [-0.4, -0.2) is 24.2 Å². The van der Waals surface area contributed by atoms with Crippen molar-refractivity contribution >= 4 is 36.4 Å². The van der Waals surface area contributed by atoms with Crippen molar-refractivity contribution in [2.45, 2.75) is 12.8 Å². The average Bonchev–Trinajstić information content (AvgIpc) is 2.73. The first-order chi connectivity index (χ1) is 13.7. The Morgan fingerprint density at radius 1 is 0.679 bits per heavy atom. The maximum atomic E-state index is 11.6.